The lowest BCUT2D eigenvalue weighted by Gasteiger charge is -2.14. The van der Waals surface area contributed by atoms with E-state index < -0.39 is 17.7 Å². The molecular formula is C26H22Br2N4O3. The highest BCUT2D eigenvalue weighted by molar-refractivity contribution is 9.10. The minimum absolute atomic E-state index is 0.174. The summed E-state index contributed by atoms with van der Waals surface area (Å²) in [7, 11) is 0. The summed E-state index contributed by atoms with van der Waals surface area (Å²) in [6, 6.07) is 18.1. The van der Waals surface area contributed by atoms with Crippen LogP contribution in [-0.4, -0.2) is 22.4 Å². The Morgan fingerprint density at radius 2 is 1.34 bits per heavy atom. The maximum absolute atomic E-state index is 13.2. The summed E-state index contributed by atoms with van der Waals surface area (Å²) in [5.74, 6) is -2.18. The van der Waals surface area contributed by atoms with Crippen molar-refractivity contribution < 1.29 is 14.4 Å². The average Bonchev–Trinajstić information content (AvgIpc) is 3.14. The van der Waals surface area contributed by atoms with Crippen molar-refractivity contribution in [3.05, 3.63) is 92.0 Å². The first-order valence-electron chi connectivity index (χ1n) is 10.7. The zero-order valence-electron chi connectivity index (χ0n) is 19.2. The van der Waals surface area contributed by atoms with Crippen LogP contribution in [-0.2, 0) is 9.59 Å². The van der Waals surface area contributed by atoms with E-state index in [1.165, 1.54) is 4.68 Å². The monoisotopic (exact) mass is 596 g/mol. The maximum atomic E-state index is 13.2. The molecule has 3 N–H and O–H groups in total. The Bertz CT molecular complexity index is 1490. The Kier molecular flexibility index (Phi) is 7.09. The molecule has 3 aromatic carbocycles. The second-order valence-electron chi connectivity index (χ2n) is 8.19. The molecule has 0 aliphatic carbocycles. The van der Waals surface area contributed by atoms with Gasteiger partial charge in [-0.3, -0.25) is 19.8 Å². The first kappa shape index (κ1) is 24.7. The maximum Gasteiger partial charge on any atom is 0.328 e. The highest BCUT2D eigenvalue weighted by Crippen LogP contribution is 2.25. The first-order chi connectivity index (χ1) is 16.6. The van der Waals surface area contributed by atoms with E-state index in [4.69, 9.17) is 0 Å². The fourth-order valence-corrected chi connectivity index (χ4v) is 4.57. The van der Waals surface area contributed by atoms with Gasteiger partial charge >= 0.3 is 11.8 Å². The van der Waals surface area contributed by atoms with Crippen LogP contribution in [0.3, 0.4) is 0 Å². The summed E-state index contributed by atoms with van der Waals surface area (Å²) in [5, 5.41) is 6.23. The van der Waals surface area contributed by atoms with E-state index in [1.54, 1.807) is 30.3 Å². The van der Waals surface area contributed by atoms with Gasteiger partial charge in [-0.05, 0) is 80.4 Å². The molecule has 3 amide bonds. The summed E-state index contributed by atoms with van der Waals surface area (Å²) in [6.45, 7) is 5.68. The highest BCUT2D eigenvalue weighted by atomic mass is 79.9. The van der Waals surface area contributed by atoms with E-state index in [2.05, 4.69) is 47.9 Å². The first-order valence-corrected chi connectivity index (χ1v) is 12.3. The second-order valence-corrected chi connectivity index (χ2v) is 10.0. The van der Waals surface area contributed by atoms with Gasteiger partial charge in [0.2, 0.25) is 0 Å². The molecule has 9 heteroatoms. The molecule has 0 aliphatic heterocycles. The predicted molar refractivity (Wildman–Crippen MR) is 145 cm³/mol. The van der Waals surface area contributed by atoms with Gasteiger partial charge in [0.05, 0.1) is 5.52 Å². The Labute approximate surface area is 219 Å². The number of aryl methyl sites for hydroxylation is 3. The lowest BCUT2D eigenvalue weighted by Crippen LogP contribution is -2.36. The molecule has 0 saturated heterocycles. The minimum Gasteiger partial charge on any atom is -0.320 e. The number of carbonyl (C=O) groups excluding carboxylic acids is 3. The van der Waals surface area contributed by atoms with Gasteiger partial charge in [0, 0.05) is 25.7 Å². The molecule has 0 atom stereocenters. The number of nitrogens with zero attached hydrogens (tertiary/aromatic N) is 1. The molecule has 0 aliphatic rings. The third-order valence-electron chi connectivity index (χ3n) is 5.48. The van der Waals surface area contributed by atoms with E-state index in [0.29, 0.717) is 22.3 Å². The fraction of sp³-hybridized carbons (Fsp3) is 0.115. The Balaban J connectivity index is 1.64. The van der Waals surface area contributed by atoms with Crippen LogP contribution in [0.25, 0.3) is 10.9 Å². The molecule has 0 bridgehead atoms. The van der Waals surface area contributed by atoms with Gasteiger partial charge < -0.3 is 10.6 Å². The number of aromatic nitrogens is 1. The van der Waals surface area contributed by atoms with Crippen LogP contribution in [0.2, 0.25) is 0 Å². The molecule has 0 fully saturated rings. The van der Waals surface area contributed by atoms with Gasteiger partial charge in [0.1, 0.15) is 5.69 Å². The zero-order valence-corrected chi connectivity index (χ0v) is 22.4. The van der Waals surface area contributed by atoms with Crippen molar-refractivity contribution in [2.45, 2.75) is 20.8 Å². The second kappa shape index (κ2) is 10.1. The van der Waals surface area contributed by atoms with Gasteiger partial charge in [0.25, 0.3) is 5.91 Å². The van der Waals surface area contributed by atoms with Crippen LogP contribution < -0.4 is 16.1 Å². The summed E-state index contributed by atoms with van der Waals surface area (Å²) in [5.41, 5.74) is 7.25. The van der Waals surface area contributed by atoms with Crippen molar-refractivity contribution in [3.8, 4) is 0 Å². The predicted octanol–water partition coefficient (Wildman–Crippen LogP) is 6.05. The van der Waals surface area contributed by atoms with E-state index in [-0.39, 0.29) is 5.69 Å². The Morgan fingerprint density at radius 3 is 2.06 bits per heavy atom. The molecule has 178 valence electrons. The molecule has 1 heterocycles. The van der Waals surface area contributed by atoms with Gasteiger partial charge in [0.15, 0.2) is 0 Å². The topological polar surface area (TPSA) is 92.2 Å². The lowest BCUT2D eigenvalue weighted by molar-refractivity contribution is -0.133. The van der Waals surface area contributed by atoms with Gasteiger partial charge in [-0.15, -0.1) is 0 Å². The number of nitrogens with one attached hydrogen (secondary N) is 3. The molecule has 1 aromatic heterocycles. The Morgan fingerprint density at radius 1 is 0.714 bits per heavy atom. The number of halogens is 2. The fourth-order valence-electron chi connectivity index (χ4n) is 3.71. The number of carbonyl (C=O) groups is 3. The minimum atomic E-state index is -0.903. The van der Waals surface area contributed by atoms with Crippen molar-refractivity contribution in [3.63, 3.8) is 0 Å². The normalized spacial score (nSPS) is 10.8. The Hall–Kier alpha value is -3.43. The SMILES string of the molecule is Cc1ccc(NC(=O)C(=O)Nn2c(C(=O)Nc3ccc(Br)cc3C)cc3cc(Br)ccc32)c(C)c1. The van der Waals surface area contributed by atoms with Crippen molar-refractivity contribution >= 4 is 71.9 Å². The van der Waals surface area contributed by atoms with Gasteiger partial charge in [-0.25, -0.2) is 4.68 Å². The van der Waals surface area contributed by atoms with E-state index in [1.807, 2.05) is 51.1 Å². The zero-order chi connectivity index (χ0) is 25.3. The number of rotatable bonds is 4. The molecule has 4 rings (SSSR count). The van der Waals surface area contributed by atoms with Crippen molar-refractivity contribution in [1.29, 1.82) is 0 Å². The van der Waals surface area contributed by atoms with Crippen molar-refractivity contribution in [2.24, 2.45) is 0 Å². The molecule has 0 radical (unpaired) electrons. The third-order valence-corrected chi connectivity index (χ3v) is 6.47. The molecule has 35 heavy (non-hydrogen) atoms. The lowest BCUT2D eigenvalue weighted by atomic mass is 10.1. The van der Waals surface area contributed by atoms with E-state index in [9.17, 15) is 14.4 Å². The van der Waals surface area contributed by atoms with E-state index >= 15 is 0 Å². The summed E-state index contributed by atoms with van der Waals surface area (Å²) >= 11 is 6.85. The average molecular weight is 598 g/mol. The summed E-state index contributed by atoms with van der Waals surface area (Å²) in [6.07, 6.45) is 0. The molecule has 0 spiro atoms. The molecule has 7 nitrogen and oxygen atoms in total. The van der Waals surface area contributed by atoms with Crippen molar-refractivity contribution in [1.82, 2.24) is 4.68 Å². The standard InChI is InChI=1S/C26H22Br2N4O3/c1-14-4-7-20(15(2)10-14)30-25(34)26(35)31-32-22-9-6-19(28)12-17(22)13-23(32)24(33)29-21-8-5-18(27)11-16(21)3/h4-13H,1-3H3,(H,29,33)(H,30,34)(H,31,35). The van der Waals surface area contributed by atoms with Crippen LogP contribution in [0.5, 0.6) is 0 Å². The largest absolute Gasteiger partial charge is 0.328 e. The number of hydrogen-bond donors (Lipinski definition) is 3. The molecular weight excluding hydrogens is 576 g/mol. The van der Waals surface area contributed by atoms with Crippen LogP contribution in [0, 0.1) is 20.8 Å². The number of benzene rings is 3. The van der Waals surface area contributed by atoms with Gasteiger partial charge in [-0.1, -0.05) is 49.6 Å². The van der Waals surface area contributed by atoms with E-state index in [0.717, 1.165) is 25.6 Å². The van der Waals surface area contributed by atoms with Crippen LogP contribution in [0.4, 0.5) is 11.4 Å². The molecule has 4 aromatic rings. The van der Waals surface area contributed by atoms with Gasteiger partial charge in [-0.2, -0.15) is 0 Å². The summed E-state index contributed by atoms with van der Waals surface area (Å²) in [4.78, 5) is 38.7. The smallest absolute Gasteiger partial charge is 0.320 e. The van der Waals surface area contributed by atoms with Crippen LogP contribution in [0.15, 0.2) is 69.6 Å². The number of hydrogen-bond acceptors (Lipinski definition) is 3. The van der Waals surface area contributed by atoms with Crippen LogP contribution >= 0.6 is 31.9 Å². The number of anilines is 2. The quantitative estimate of drug-likeness (QED) is 0.250. The van der Waals surface area contributed by atoms with Crippen LogP contribution in [0.1, 0.15) is 27.2 Å². The number of fused-ring (bicyclic) bond motifs is 1. The molecule has 0 unspecified atom stereocenters. The highest BCUT2D eigenvalue weighted by Gasteiger charge is 2.22. The van der Waals surface area contributed by atoms with Crippen molar-refractivity contribution in [2.75, 3.05) is 16.1 Å². The third kappa shape index (κ3) is 5.47. The number of amides is 3. The summed E-state index contributed by atoms with van der Waals surface area (Å²) < 4.78 is 3.04. The molecule has 0 saturated carbocycles.